The summed E-state index contributed by atoms with van der Waals surface area (Å²) in [6.07, 6.45) is 0. The number of piperazine rings is 1. The van der Waals surface area contributed by atoms with E-state index < -0.39 is 0 Å². The molecule has 114 valence electrons. The highest BCUT2D eigenvalue weighted by molar-refractivity contribution is 7.09. The molecule has 1 aliphatic rings. The van der Waals surface area contributed by atoms with Gasteiger partial charge in [-0.15, -0.1) is 0 Å². The Morgan fingerprint density at radius 3 is 2.40 bits per heavy atom. The minimum Gasteiger partial charge on any atom is -0.344 e. The molecule has 1 aromatic rings. The van der Waals surface area contributed by atoms with Crippen LogP contribution in [0, 0.1) is 5.92 Å². The zero-order chi connectivity index (χ0) is 14.8. The van der Waals surface area contributed by atoms with E-state index in [9.17, 15) is 0 Å². The first-order valence-corrected chi connectivity index (χ1v) is 8.19. The second kappa shape index (κ2) is 6.37. The van der Waals surface area contributed by atoms with Crippen LogP contribution in [0.25, 0.3) is 0 Å². The van der Waals surface area contributed by atoms with Crippen LogP contribution in [0.15, 0.2) is 0 Å². The van der Waals surface area contributed by atoms with Gasteiger partial charge in [0.1, 0.15) is 5.82 Å². The van der Waals surface area contributed by atoms with E-state index in [1.165, 1.54) is 11.5 Å². The average Bonchev–Trinajstić information content (AvgIpc) is 2.89. The smallest absolute Gasteiger partial charge is 0.205 e. The van der Waals surface area contributed by atoms with Crippen LogP contribution in [0.4, 0.5) is 5.13 Å². The van der Waals surface area contributed by atoms with E-state index in [-0.39, 0.29) is 5.41 Å². The standard InChI is InChI=1S/C14H27N5S/c1-11(9-15)10-18-5-7-19(8-6-18)13-16-12(17-20-13)14(2,3)4/h11H,5-10,15H2,1-4H3. The molecule has 2 rings (SSSR count). The Labute approximate surface area is 126 Å². The van der Waals surface area contributed by atoms with Crippen molar-refractivity contribution in [3.63, 3.8) is 0 Å². The normalized spacial score (nSPS) is 19.4. The Bertz CT molecular complexity index is 417. The van der Waals surface area contributed by atoms with Crippen LogP contribution >= 0.6 is 11.5 Å². The molecule has 0 aromatic carbocycles. The van der Waals surface area contributed by atoms with Gasteiger partial charge in [-0.1, -0.05) is 27.7 Å². The van der Waals surface area contributed by atoms with Gasteiger partial charge in [0.25, 0.3) is 0 Å². The molecule has 5 nitrogen and oxygen atoms in total. The number of anilines is 1. The monoisotopic (exact) mass is 297 g/mol. The number of nitrogens with zero attached hydrogens (tertiary/aromatic N) is 4. The molecule has 0 saturated carbocycles. The third-order valence-corrected chi connectivity index (χ3v) is 4.48. The van der Waals surface area contributed by atoms with Crippen molar-refractivity contribution in [2.75, 3.05) is 44.2 Å². The van der Waals surface area contributed by atoms with Gasteiger partial charge in [0.15, 0.2) is 0 Å². The molecule has 0 amide bonds. The molecule has 1 unspecified atom stereocenters. The molecule has 0 radical (unpaired) electrons. The second-order valence-electron chi connectivity index (χ2n) is 6.78. The molecule has 2 N–H and O–H groups in total. The number of rotatable bonds is 4. The molecule has 1 aromatic heterocycles. The van der Waals surface area contributed by atoms with E-state index >= 15 is 0 Å². The largest absolute Gasteiger partial charge is 0.344 e. The summed E-state index contributed by atoms with van der Waals surface area (Å²) in [6.45, 7) is 14.8. The van der Waals surface area contributed by atoms with Crippen LogP contribution in [-0.4, -0.2) is 53.5 Å². The molecule has 0 bridgehead atoms. The zero-order valence-corrected chi connectivity index (χ0v) is 13.9. The van der Waals surface area contributed by atoms with Crippen molar-refractivity contribution in [2.24, 2.45) is 11.7 Å². The summed E-state index contributed by atoms with van der Waals surface area (Å²) in [4.78, 5) is 9.56. The lowest BCUT2D eigenvalue weighted by Crippen LogP contribution is -2.48. The highest BCUT2D eigenvalue weighted by atomic mass is 32.1. The number of hydrogen-bond acceptors (Lipinski definition) is 6. The predicted octanol–water partition coefficient (Wildman–Crippen LogP) is 1.55. The quantitative estimate of drug-likeness (QED) is 0.914. The SMILES string of the molecule is CC(CN)CN1CCN(c2nc(C(C)(C)C)ns2)CC1. The fraction of sp³-hybridized carbons (Fsp3) is 0.857. The van der Waals surface area contributed by atoms with E-state index in [2.05, 4.69) is 41.9 Å². The van der Waals surface area contributed by atoms with Gasteiger partial charge in [0.2, 0.25) is 5.13 Å². The van der Waals surface area contributed by atoms with Crippen LogP contribution in [0.2, 0.25) is 0 Å². The van der Waals surface area contributed by atoms with E-state index in [0.29, 0.717) is 5.92 Å². The summed E-state index contributed by atoms with van der Waals surface area (Å²) < 4.78 is 4.50. The topological polar surface area (TPSA) is 58.3 Å². The molecule has 0 spiro atoms. The van der Waals surface area contributed by atoms with Gasteiger partial charge in [-0.25, -0.2) is 4.98 Å². The number of hydrogen-bond donors (Lipinski definition) is 1. The molecule has 2 heterocycles. The summed E-state index contributed by atoms with van der Waals surface area (Å²) in [5.74, 6) is 1.53. The molecule has 6 heteroatoms. The third kappa shape index (κ3) is 3.90. The van der Waals surface area contributed by atoms with Gasteiger partial charge in [-0.05, 0) is 12.5 Å². The lowest BCUT2D eigenvalue weighted by Gasteiger charge is -2.35. The van der Waals surface area contributed by atoms with Crippen LogP contribution in [0.5, 0.6) is 0 Å². The van der Waals surface area contributed by atoms with E-state index in [1.54, 1.807) is 0 Å². The summed E-state index contributed by atoms with van der Waals surface area (Å²) in [6, 6.07) is 0. The maximum Gasteiger partial charge on any atom is 0.205 e. The van der Waals surface area contributed by atoms with E-state index in [0.717, 1.165) is 50.2 Å². The van der Waals surface area contributed by atoms with E-state index in [1.807, 2.05) is 0 Å². The van der Waals surface area contributed by atoms with Gasteiger partial charge >= 0.3 is 0 Å². The first-order valence-electron chi connectivity index (χ1n) is 7.41. The van der Waals surface area contributed by atoms with Crippen molar-refractivity contribution in [1.82, 2.24) is 14.3 Å². The first kappa shape index (κ1) is 15.7. The molecule has 1 aliphatic heterocycles. The summed E-state index contributed by atoms with van der Waals surface area (Å²) in [5, 5.41) is 1.07. The maximum atomic E-state index is 5.70. The van der Waals surface area contributed by atoms with Crippen LogP contribution < -0.4 is 10.6 Å². The summed E-state index contributed by atoms with van der Waals surface area (Å²) >= 11 is 1.53. The van der Waals surface area contributed by atoms with Crippen molar-refractivity contribution in [2.45, 2.75) is 33.1 Å². The van der Waals surface area contributed by atoms with Gasteiger partial charge in [0, 0.05) is 49.7 Å². The van der Waals surface area contributed by atoms with Crippen molar-refractivity contribution in [3.8, 4) is 0 Å². The lowest BCUT2D eigenvalue weighted by atomic mass is 9.96. The fourth-order valence-corrected chi connectivity index (χ4v) is 3.19. The molecule has 20 heavy (non-hydrogen) atoms. The molecular formula is C14H27N5S. The highest BCUT2D eigenvalue weighted by Gasteiger charge is 2.24. The predicted molar refractivity (Wildman–Crippen MR) is 85.5 cm³/mol. The zero-order valence-electron chi connectivity index (χ0n) is 13.1. The molecular weight excluding hydrogens is 270 g/mol. The minimum absolute atomic E-state index is 0.0349. The molecule has 1 atom stereocenters. The van der Waals surface area contributed by atoms with Crippen molar-refractivity contribution >= 4 is 16.7 Å². The van der Waals surface area contributed by atoms with E-state index in [4.69, 9.17) is 10.7 Å². The first-order chi connectivity index (χ1) is 9.40. The van der Waals surface area contributed by atoms with Crippen molar-refractivity contribution in [3.05, 3.63) is 5.82 Å². The highest BCUT2D eigenvalue weighted by Crippen LogP contribution is 2.26. The van der Waals surface area contributed by atoms with Crippen LogP contribution in [0.3, 0.4) is 0 Å². The Hall–Kier alpha value is -0.720. The van der Waals surface area contributed by atoms with Gasteiger partial charge in [-0.3, -0.25) is 4.90 Å². The van der Waals surface area contributed by atoms with Gasteiger partial charge < -0.3 is 10.6 Å². The van der Waals surface area contributed by atoms with Crippen LogP contribution in [0.1, 0.15) is 33.5 Å². The molecule has 1 fully saturated rings. The molecule has 0 aliphatic carbocycles. The second-order valence-corrected chi connectivity index (χ2v) is 7.51. The maximum absolute atomic E-state index is 5.70. The van der Waals surface area contributed by atoms with Crippen LogP contribution in [-0.2, 0) is 5.41 Å². The van der Waals surface area contributed by atoms with Gasteiger partial charge in [-0.2, -0.15) is 4.37 Å². The Morgan fingerprint density at radius 1 is 1.25 bits per heavy atom. The Balaban J connectivity index is 1.89. The number of nitrogens with two attached hydrogens (primary N) is 1. The van der Waals surface area contributed by atoms with Crippen molar-refractivity contribution < 1.29 is 0 Å². The average molecular weight is 297 g/mol. The summed E-state index contributed by atoms with van der Waals surface area (Å²) in [7, 11) is 0. The Kier molecular flexibility index (Phi) is 4.99. The lowest BCUT2D eigenvalue weighted by molar-refractivity contribution is 0.227. The van der Waals surface area contributed by atoms with Crippen molar-refractivity contribution in [1.29, 1.82) is 0 Å². The molecule has 1 saturated heterocycles. The third-order valence-electron chi connectivity index (χ3n) is 3.70. The Morgan fingerprint density at radius 2 is 1.90 bits per heavy atom. The minimum atomic E-state index is 0.0349. The number of aromatic nitrogens is 2. The summed E-state index contributed by atoms with van der Waals surface area (Å²) in [5.41, 5.74) is 5.73. The fourth-order valence-electron chi connectivity index (χ4n) is 2.29. The van der Waals surface area contributed by atoms with Gasteiger partial charge in [0.05, 0.1) is 0 Å².